The van der Waals surface area contributed by atoms with E-state index in [0.29, 0.717) is 12.1 Å². The zero-order valence-electron chi connectivity index (χ0n) is 12.7. The predicted octanol–water partition coefficient (Wildman–Crippen LogP) is 1.17. The average Bonchev–Trinajstić information content (AvgIpc) is 2.42. The number of nitrogens with one attached hydrogen (secondary N) is 1. The second-order valence-electron chi connectivity index (χ2n) is 6.20. The van der Waals surface area contributed by atoms with Crippen LogP contribution in [-0.4, -0.2) is 75.4 Å². The van der Waals surface area contributed by atoms with Crippen LogP contribution in [0, 0.1) is 0 Å². The van der Waals surface area contributed by atoms with E-state index in [9.17, 15) is 0 Å². The van der Waals surface area contributed by atoms with Crippen molar-refractivity contribution in [3.8, 4) is 0 Å². The van der Waals surface area contributed by atoms with Gasteiger partial charge in [0.05, 0.1) is 12.7 Å². The van der Waals surface area contributed by atoms with Gasteiger partial charge in [-0.05, 0) is 46.4 Å². The van der Waals surface area contributed by atoms with Gasteiger partial charge in [0.1, 0.15) is 0 Å². The molecular weight excluding hydrogens is 238 g/mol. The first-order chi connectivity index (χ1) is 9.27. The first-order valence-electron chi connectivity index (χ1n) is 7.98. The standard InChI is InChI=1S/C15H31N3O/c1-17(2)10-5-8-16-9-11-18-12-13-19-15-7-4-3-6-14(15)18/h14-16H,3-13H2,1-2H3. The summed E-state index contributed by atoms with van der Waals surface area (Å²) in [7, 11) is 4.27. The summed E-state index contributed by atoms with van der Waals surface area (Å²) in [6.07, 6.45) is 7.12. The maximum atomic E-state index is 5.92. The van der Waals surface area contributed by atoms with Crippen LogP contribution in [0.3, 0.4) is 0 Å². The first-order valence-corrected chi connectivity index (χ1v) is 7.98. The SMILES string of the molecule is CN(C)CCCNCCN1CCOC2CCCCC21. The molecule has 1 N–H and O–H groups in total. The molecule has 2 atom stereocenters. The van der Waals surface area contributed by atoms with E-state index in [2.05, 4.69) is 29.2 Å². The molecule has 4 heteroatoms. The molecule has 0 amide bonds. The predicted molar refractivity (Wildman–Crippen MR) is 79.6 cm³/mol. The summed E-state index contributed by atoms with van der Waals surface area (Å²) in [5, 5.41) is 3.57. The molecule has 0 aromatic rings. The normalized spacial score (nSPS) is 28.6. The van der Waals surface area contributed by atoms with Crippen molar-refractivity contribution in [3.05, 3.63) is 0 Å². The van der Waals surface area contributed by atoms with E-state index in [0.717, 1.165) is 26.2 Å². The zero-order chi connectivity index (χ0) is 13.5. The summed E-state index contributed by atoms with van der Waals surface area (Å²) in [6.45, 7) is 6.68. The third-order valence-electron chi connectivity index (χ3n) is 4.38. The fourth-order valence-electron chi connectivity index (χ4n) is 3.32. The van der Waals surface area contributed by atoms with E-state index in [1.807, 2.05) is 0 Å². The van der Waals surface area contributed by atoms with E-state index in [1.54, 1.807) is 0 Å². The van der Waals surface area contributed by atoms with Crippen LogP contribution in [0.4, 0.5) is 0 Å². The van der Waals surface area contributed by atoms with Crippen LogP contribution in [0.2, 0.25) is 0 Å². The van der Waals surface area contributed by atoms with Crippen molar-refractivity contribution in [1.82, 2.24) is 15.1 Å². The molecule has 0 spiro atoms. The van der Waals surface area contributed by atoms with Crippen LogP contribution in [0.15, 0.2) is 0 Å². The number of hydrogen-bond acceptors (Lipinski definition) is 4. The van der Waals surface area contributed by atoms with E-state index in [1.165, 1.54) is 45.2 Å². The van der Waals surface area contributed by atoms with E-state index in [-0.39, 0.29) is 0 Å². The Kier molecular flexibility index (Phi) is 6.57. The molecule has 1 aliphatic heterocycles. The number of rotatable bonds is 7. The van der Waals surface area contributed by atoms with Crippen molar-refractivity contribution in [2.24, 2.45) is 0 Å². The Morgan fingerprint density at radius 3 is 2.89 bits per heavy atom. The molecule has 0 aromatic heterocycles. The monoisotopic (exact) mass is 269 g/mol. The average molecular weight is 269 g/mol. The van der Waals surface area contributed by atoms with Crippen LogP contribution in [-0.2, 0) is 4.74 Å². The smallest absolute Gasteiger partial charge is 0.0730 e. The Hall–Kier alpha value is -0.160. The van der Waals surface area contributed by atoms with Crippen molar-refractivity contribution in [1.29, 1.82) is 0 Å². The van der Waals surface area contributed by atoms with Crippen LogP contribution in [0.1, 0.15) is 32.1 Å². The van der Waals surface area contributed by atoms with Crippen LogP contribution in [0.25, 0.3) is 0 Å². The highest BCUT2D eigenvalue weighted by Crippen LogP contribution is 2.27. The highest BCUT2D eigenvalue weighted by atomic mass is 16.5. The molecule has 2 aliphatic rings. The second-order valence-corrected chi connectivity index (χ2v) is 6.20. The molecule has 1 heterocycles. The lowest BCUT2D eigenvalue weighted by atomic mass is 9.90. The van der Waals surface area contributed by atoms with Crippen molar-refractivity contribution >= 4 is 0 Å². The minimum atomic E-state index is 0.524. The Morgan fingerprint density at radius 1 is 1.21 bits per heavy atom. The molecule has 0 bridgehead atoms. The van der Waals surface area contributed by atoms with Gasteiger partial charge in [-0.2, -0.15) is 0 Å². The van der Waals surface area contributed by atoms with Gasteiger partial charge in [-0.1, -0.05) is 12.8 Å². The fraction of sp³-hybridized carbons (Fsp3) is 1.00. The summed E-state index contributed by atoms with van der Waals surface area (Å²) in [5.41, 5.74) is 0. The molecule has 1 saturated heterocycles. The quantitative estimate of drug-likeness (QED) is 0.702. The molecule has 1 aliphatic carbocycles. The molecular formula is C15H31N3O. The Balaban J connectivity index is 1.59. The molecule has 112 valence electrons. The van der Waals surface area contributed by atoms with Gasteiger partial charge in [0.25, 0.3) is 0 Å². The van der Waals surface area contributed by atoms with Gasteiger partial charge in [-0.25, -0.2) is 0 Å². The lowest BCUT2D eigenvalue weighted by Crippen LogP contribution is -2.54. The molecule has 0 radical (unpaired) electrons. The highest BCUT2D eigenvalue weighted by Gasteiger charge is 2.33. The molecule has 1 saturated carbocycles. The lowest BCUT2D eigenvalue weighted by Gasteiger charge is -2.43. The van der Waals surface area contributed by atoms with Crippen LogP contribution < -0.4 is 5.32 Å². The summed E-state index contributed by atoms with van der Waals surface area (Å²) < 4.78 is 5.92. The van der Waals surface area contributed by atoms with Gasteiger partial charge >= 0.3 is 0 Å². The van der Waals surface area contributed by atoms with Gasteiger partial charge < -0.3 is 15.0 Å². The minimum absolute atomic E-state index is 0.524. The molecule has 2 unspecified atom stereocenters. The van der Waals surface area contributed by atoms with Crippen LogP contribution >= 0.6 is 0 Å². The van der Waals surface area contributed by atoms with Gasteiger partial charge in [0, 0.05) is 25.7 Å². The summed E-state index contributed by atoms with van der Waals surface area (Å²) in [5.74, 6) is 0. The van der Waals surface area contributed by atoms with Gasteiger partial charge in [-0.3, -0.25) is 4.90 Å². The third kappa shape index (κ3) is 5.03. The van der Waals surface area contributed by atoms with Crippen molar-refractivity contribution in [2.45, 2.75) is 44.2 Å². The number of ether oxygens (including phenoxy) is 1. The topological polar surface area (TPSA) is 27.7 Å². The number of fused-ring (bicyclic) bond motifs is 1. The molecule has 4 nitrogen and oxygen atoms in total. The van der Waals surface area contributed by atoms with Crippen molar-refractivity contribution < 1.29 is 4.74 Å². The van der Waals surface area contributed by atoms with Crippen LogP contribution in [0.5, 0.6) is 0 Å². The summed E-state index contributed by atoms with van der Waals surface area (Å²) >= 11 is 0. The van der Waals surface area contributed by atoms with Crippen molar-refractivity contribution in [3.63, 3.8) is 0 Å². The fourth-order valence-corrected chi connectivity index (χ4v) is 3.32. The van der Waals surface area contributed by atoms with Gasteiger partial charge in [0.2, 0.25) is 0 Å². The third-order valence-corrected chi connectivity index (χ3v) is 4.38. The van der Waals surface area contributed by atoms with Gasteiger partial charge in [0.15, 0.2) is 0 Å². The Morgan fingerprint density at radius 2 is 2.05 bits per heavy atom. The van der Waals surface area contributed by atoms with Crippen molar-refractivity contribution in [2.75, 3.05) is 53.4 Å². The highest BCUT2D eigenvalue weighted by molar-refractivity contribution is 4.87. The van der Waals surface area contributed by atoms with Gasteiger partial charge in [-0.15, -0.1) is 0 Å². The maximum absolute atomic E-state index is 5.92. The molecule has 2 fully saturated rings. The van der Waals surface area contributed by atoms with E-state index in [4.69, 9.17) is 4.74 Å². The Labute approximate surface area is 118 Å². The summed E-state index contributed by atoms with van der Waals surface area (Å²) in [6, 6.07) is 0.700. The molecule has 0 aromatic carbocycles. The first kappa shape index (κ1) is 15.2. The van der Waals surface area contributed by atoms with E-state index < -0.39 is 0 Å². The zero-order valence-corrected chi connectivity index (χ0v) is 12.7. The summed E-state index contributed by atoms with van der Waals surface area (Å²) in [4.78, 5) is 4.91. The maximum Gasteiger partial charge on any atom is 0.0730 e. The number of morpholine rings is 1. The second kappa shape index (κ2) is 8.20. The molecule has 19 heavy (non-hydrogen) atoms. The largest absolute Gasteiger partial charge is 0.375 e. The Bertz CT molecular complexity index is 246. The lowest BCUT2D eigenvalue weighted by molar-refractivity contribution is -0.0873. The van der Waals surface area contributed by atoms with E-state index >= 15 is 0 Å². The molecule has 2 rings (SSSR count). The number of nitrogens with zero attached hydrogens (tertiary/aromatic N) is 2. The minimum Gasteiger partial charge on any atom is -0.375 e. The number of hydrogen-bond donors (Lipinski definition) is 1.